The zero-order valence-electron chi connectivity index (χ0n) is 9.46. The maximum atomic E-state index is 8.82. The van der Waals surface area contributed by atoms with Crippen LogP contribution in [0.5, 0.6) is 0 Å². The van der Waals surface area contributed by atoms with Crippen LogP contribution in [-0.2, 0) is 6.42 Å². The average molecular weight is 228 g/mol. The molecule has 2 heterocycles. The lowest BCUT2D eigenvalue weighted by atomic mass is 10.2. The van der Waals surface area contributed by atoms with Crippen molar-refractivity contribution in [1.29, 1.82) is 5.26 Å². The minimum atomic E-state index is 0.103. The molecule has 0 aromatic carbocycles. The van der Waals surface area contributed by atoms with Crippen LogP contribution in [0.2, 0.25) is 0 Å². The first-order valence-electron chi connectivity index (χ1n) is 5.26. The second-order valence-corrected chi connectivity index (χ2v) is 3.74. The monoisotopic (exact) mass is 228 g/mol. The smallest absolute Gasteiger partial charge is 0.153 e. The van der Waals surface area contributed by atoms with Crippen molar-refractivity contribution in [3.05, 3.63) is 41.3 Å². The molecule has 86 valence electrons. The quantitative estimate of drug-likeness (QED) is 0.849. The Balaban J connectivity index is 2.33. The molecule has 0 radical (unpaired) electrons. The van der Waals surface area contributed by atoms with E-state index in [0.717, 1.165) is 11.1 Å². The van der Waals surface area contributed by atoms with Gasteiger partial charge in [0.15, 0.2) is 5.82 Å². The summed E-state index contributed by atoms with van der Waals surface area (Å²) in [5.74, 6) is 0.672. The van der Waals surface area contributed by atoms with Gasteiger partial charge in [0.05, 0.1) is 11.8 Å². The van der Waals surface area contributed by atoms with Crippen LogP contribution in [0.4, 0.5) is 0 Å². The lowest BCUT2D eigenvalue weighted by molar-refractivity contribution is 0.299. The number of aliphatic hydroxyl groups excluding tert-OH is 1. The highest BCUT2D eigenvalue weighted by Crippen LogP contribution is 2.11. The molecule has 1 N–H and O–H groups in total. The normalized spacial score (nSPS) is 10.2. The van der Waals surface area contributed by atoms with Crippen LogP contribution in [-0.4, -0.2) is 26.5 Å². The van der Waals surface area contributed by atoms with Gasteiger partial charge in [-0.1, -0.05) is 0 Å². The molecule has 17 heavy (non-hydrogen) atoms. The van der Waals surface area contributed by atoms with Gasteiger partial charge < -0.3 is 5.11 Å². The van der Waals surface area contributed by atoms with E-state index in [1.807, 2.05) is 19.2 Å². The zero-order valence-corrected chi connectivity index (χ0v) is 9.46. The standard InChI is InChI=1S/C12H12N4O/c1-9-4-12(14-7-11(9)5-13)16-8-10(2-3-17)6-15-16/h4,6-8,17H,2-3H2,1H3. The van der Waals surface area contributed by atoms with Crippen molar-refractivity contribution in [1.82, 2.24) is 14.8 Å². The van der Waals surface area contributed by atoms with Gasteiger partial charge in [-0.05, 0) is 30.5 Å². The van der Waals surface area contributed by atoms with E-state index in [-0.39, 0.29) is 6.61 Å². The number of rotatable bonds is 3. The summed E-state index contributed by atoms with van der Waals surface area (Å²) < 4.78 is 1.64. The molecule has 0 aliphatic carbocycles. The predicted molar refractivity (Wildman–Crippen MR) is 61.6 cm³/mol. The fraction of sp³-hybridized carbons (Fsp3) is 0.250. The largest absolute Gasteiger partial charge is 0.396 e. The van der Waals surface area contributed by atoms with Crippen molar-refractivity contribution in [3.63, 3.8) is 0 Å². The van der Waals surface area contributed by atoms with Crippen LogP contribution in [0.1, 0.15) is 16.7 Å². The van der Waals surface area contributed by atoms with Gasteiger partial charge in [-0.25, -0.2) is 9.67 Å². The SMILES string of the molecule is Cc1cc(-n2cc(CCO)cn2)ncc1C#N. The average Bonchev–Trinajstić information content (AvgIpc) is 2.78. The topological polar surface area (TPSA) is 74.7 Å². The van der Waals surface area contributed by atoms with E-state index in [1.165, 1.54) is 6.20 Å². The third-order valence-electron chi connectivity index (χ3n) is 2.49. The minimum Gasteiger partial charge on any atom is -0.396 e. The number of hydrogen-bond acceptors (Lipinski definition) is 4. The summed E-state index contributed by atoms with van der Waals surface area (Å²) in [6.07, 6.45) is 5.64. The number of pyridine rings is 1. The first-order chi connectivity index (χ1) is 8.24. The highest BCUT2D eigenvalue weighted by atomic mass is 16.2. The second kappa shape index (κ2) is 4.76. The Kier molecular flexibility index (Phi) is 3.17. The number of nitriles is 1. The van der Waals surface area contributed by atoms with Crippen LogP contribution in [0.15, 0.2) is 24.7 Å². The molecule has 0 bridgehead atoms. The number of aromatic nitrogens is 3. The maximum absolute atomic E-state index is 8.82. The Morgan fingerprint density at radius 1 is 1.47 bits per heavy atom. The molecule has 2 aromatic heterocycles. The van der Waals surface area contributed by atoms with Gasteiger partial charge in [0.2, 0.25) is 0 Å². The van der Waals surface area contributed by atoms with E-state index in [2.05, 4.69) is 16.2 Å². The zero-order chi connectivity index (χ0) is 12.3. The van der Waals surface area contributed by atoms with Gasteiger partial charge in [-0.15, -0.1) is 0 Å². The molecule has 2 aromatic rings. The summed E-state index contributed by atoms with van der Waals surface area (Å²) in [5.41, 5.74) is 2.39. The summed E-state index contributed by atoms with van der Waals surface area (Å²) in [6, 6.07) is 3.89. The van der Waals surface area contributed by atoms with Crippen molar-refractivity contribution in [3.8, 4) is 11.9 Å². The Morgan fingerprint density at radius 3 is 2.94 bits per heavy atom. The Bertz CT molecular complexity index is 568. The molecule has 5 heteroatoms. The van der Waals surface area contributed by atoms with Gasteiger partial charge in [-0.2, -0.15) is 10.4 Å². The predicted octanol–water partition coefficient (Wildman–Crippen LogP) is 0.982. The summed E-state index contributed by atoms with van der Waals surface area (Å²) in [6.45, 7) is 1.97. The summed E-state index contributed by atoms with van der Waals surface area (Å²) in [4.78, 5) is 4.17. The van der Waals surface area contributed by atoms with Crippen LogP contribution in [0, 0.1) is 18.3 Å². The molecule has 0 unspecified atom stereocenters. The fourth-order valence-electron chi connectivity index (χ4n) is 1.53. The third kappa shape index (κ3) is 2.32. The molecule has 0 saturated heterocycles. The van der Waals surface area contributed by atoms with E-state index < -0.39 is 0 Å². The number of aryl methyl sites for hydroxylation is 1. The van der Waals surface area contributed by atoms with Gasteiger partial charge >= 0.3 is 0 Å². The van der Waals surface area contributed by atoms with Crippen molar-refractivity contribution in [2.24, 2.45) is 0 Å². The Hall–Kier alpha value is -2.19. The van der Waals surface area contributed by atoms with Gasteiger partial charge in [0, 0.05) is 19.0 Å². The Labute approximate surface area is 99.0 Å². The van der Waals surface area contributed by atoms with Crippen LogP contribution in [0.3, 0.4) is 0 Å². The van der Waals surface area contributed by atoms with Crippen molar-refractivity contribution in [2.75, 3.05) is 6.61 Å². The molecule has 0 aliphatic heterocycles. The van der Waals surface area contributed by atoms with E-state index in [0.29, 0.717) is 17.8 Å². The maximum Gasteiger partial charge on any atom is 0.153 e. The lowest BCUT2D eigenvalue weighted by Crippen LogP contribution is -1.99. The van der Waals surface area contributed by atoms with E-state index in [9.17, 15) is 0 Å². The fourth-order valence-corrected chi connectivity index (χ4v) is 1.53. The lowest BCUT2D eigenvalue weighted by Gasteiger charge is -2.02. The first kappa shape index (κ1) is 11.3. The molecule has 0 spiro atoms. The van der Waals surface area contributed by atoms with Gasteiger partial charge in [-0.3, -0.25) is 0 Å². The molecule has 0 aliphatic rings. The second-order valence-electron chi connectivity index (χ2n) is 3.74. The van der Waals surface area contributed by atoms with Gasteiger partial charge in [0.25, 0.3) is 0 Å². The molecule has 0 atom stereocenters. The molecule has 0 saturated carbocycles. The Morgan fingerprint density at radius 2 is 2.29 bits per heavy atom. The van der Waals surface area contributed by atoms with E-state index in [4.69, 9.17) is 10.4 Å². The number of nitrogens with zero attached hydrogens (tertiary/aromatic N) is 4. The highest BCUT2D eigenvalue weighted by molar-refractivity contribution is 5.39. The van der Waals surface area contributed by atoms with Crippen LogP contribution >= 0.6 is 0 Å². The third-order valence-corrected chi connectivity index (χ3v) is 2.49. The van der Waals surface area contributed by atoms with Crippen LogP contribution < -0.4 is 0 Å². The number of aliphatic hydroxyl groups is 1. The molecular weight excluding hydrogens is 216 g/mol. The molecule has 2 rings (SSSR count). The highest BCUT2D eigenvalue weighted by Gasteiger charge is 2.04. The summed E-state index contributed by atoms with van der Waals surface area (Å²) in [7, 11) is 0. The van der Waals surface area contributed by atoms with E-state index >= 15 is 0 Å². The molecule has 0 fully saturated rings. The molecule has 5 nitrogen and oxygen atoms in total. The number of hydrogen-bond donors (Lipinski definition) is 1. The summed E-state index contributed by atoms with van der Waals surface area (Å²) >= 11 is 0. The molecule has 0 amide bonds. The molecular formula is C12H12N4O. The van der Waals surface area contributed by atoms with Crippen molar-refractivity contribution in [2.45, 2.75) is 13.3 Å². The van der Waals surface area contributed by atoms with Crippen molar-refractivity contribution >= 4 is 0 Å². The van der Waals surface area contributed by atoms with Crippen LogP contribution in [0.25, 0.3) is 5.82 Å². The first-order valence-corrected chi connectivity index (χ1v) is 5.26. The minimum absolute atomic E-state index is 0.103. The van der Waals surface area contributed by atoms with Gasteiger partial charge in [0.1, 0.15) is 6.07 Å². The van der Waals surface area contributed by atoms with E-state index in [1.54, 1.807) is 10.9 Å². The summed E-state index contributed by atoms with van der Waals surface area (Å²) in [5, 5.41) is 21.8. The van der Waals surface area contributed by atoms with Crippen molar-refractivity contribution < 1.29 is 5.11 Å².